The first kappa shape index (κ1) is 7.71. The summed E-state index contributed by atoms with van der Waals surface area (Å²) in [6.45, 7) is 4.47. The zero-order valence-electron chi connectivity index (χ0n) is 6.82. The maximum atomic E-state index is 10.9. The highest BCUT2D eigenvalue weighted by Crippen LogP contribution is 2.21. The molecule has 2 aliphatic heterocycles. The van der Waals surface area contributed by atoms with Crippen LogP contribution in [-0.2, 0) is 10.8 Å². The summed E-state index contributed by atoms with van der Waals surface area (Å²) in [5, 5.41) is 0.420. The van der Waals surface area contributed by atoms with Gasteiger partial charge < -0.3 is 4.90 Å². The van der Waals surface area contributed by atoms with E-state index < -0.39 is 10.8 Å². The molecule has 0 aliphatic carbocycles. The van der Waals surface area contributed by atoms with E-state index in [2.05, 4.69) is 16.8 Å². The molecular formula is C7H14N2OS. The molecule has 0 amide bonds. The van der Waals surface area contributed by atoms with Gasteiger partial charge in [0.15, 0.2) is 0 Å². The van der Waals surface area contributed by atoms with Gasteiger partial charge in [-0.2, -0.15) is 0 Å². The van der Waals surface area contributed by atoms with Crippen LogP contribution >= 0.6 is 0 Å². The smallest absolute Gasteiger partial charge is 0.0978 e. The third-order valence-electron chi connectivity index (χ3n) is 2.44. The topological polar surface area (TPSA) is 23.6 Å². The average Bonchev–Trinajstić information content (AvgIpc) is 2.69. The van der Waals surface area contributed by atoms with E-state index in [9.17, 15) is 4.21 Å². The molecule has 2 aliphatic rings. The molecule has 11 heavy (non-hydrogen) atoms. The standard InChI is InChI=1S/C7H14N2OS/c1-8-2-4-9(5-3-8)7-6-11(7)10/h7H,2-6H2,1H3. The number of likely N-dealkylation sites (N-methyl/N-ethyl adjacent to an activating group) is 1. The normalized spacial score (nSPS) is 40.8. The minimum absolute atomic E-state index is 0.420. The summed E-state index contributed by atoms with van der Waals surface area (Å²) in [4.78, 5) is 4.68. The Morgan fingerprint density at radius 3 is 2.27 bits per heavy atom. The van der Waals surface area contributed by atoms with Crippen molar-refractivity contribution >= 4 is 10.8 Å². The highest BCUT2D eigenvalue weighted by atomic mass is 32.2. The largest absolute Gasteiger partial charge is 0.304 e. The van der Waals surface area contributed by atoms with Gasteiger partial charge in [0, 0.05) is 37.0 Å². The van der Waals surface area contributed by atoms with Crippen LogP contribution in [0.4, 0.5) is 0 Å². The quantitative estimate of drug-likeness (QED) is 0.492. The van der Waals surface area contributed by atoms with Crippen molar-refractivity contribution in [1.82, 2.24) is 9.80 Å². The van der Waals surface area contributed by atoms with Gasteiger partial charge in [0.25, 0.3) is 0 Å². The summed E-state index contributed by atoms with van der Waals surface area (Å²) in [5.41, 5.74) is 0. The first-order valence-electron chi connectivity index (χ1n) is 4.07. The fraction of sp³-hybridized carbons (Fsp3) is 1.00. The average molecular weight is 174 g/mol. The van der Waals surface area contributed by atoms with Crippen LogP contribution in [0.3, 0.4) is 0 Å². The molecule has 0 radical (unpaired) electrons. The Kier molecular flexibility index (Phi) is 1.99. The molecule has 0 spiro atoms. The molecule has 0 aromatic rings. The Balaban J connectivity index is 1.83. The predicted molar refractivity (Wildman–Crippen MR) is 45.9 cm³/mol. The van der Waals surface area contributed by atoms with Crippen LogP contribution in [0, 0.1) is 0 Å². The maximum Gasteiger partial charge on any atom is 0.0978 e. The second-order valence-electron chi connectivity index (χ2n) is 3.34. The van der Waals surface area contributed by atoms with E-state index in [0.717, 1.165) is 31.9 Å². The molecule has 0 aromatic carbocycles. The number of hydrogen-bond acceptors (Lipinski definition) is 3. The van der Waals surface area contributed by atoms with Gasteiger partial charge in [-0.05, 0) is 7.05 Å². The van der Waals surface area contributed by atoms with Crippen LogP contribution in [0.2, 0.25) is 0 Å². The molecule has 3 nitrogen and oxygen atoms in total. The van der Waals surface area contributed by atoms with Crippen LogP contribution in [-0.4, -0.2) is 58.4 Å². The lowest BCUT2D eigenvalue weighted by atomic mass is 10.3. The molecular weight excluding hydrogens is 160 g/mol. The molecule has 2 rings (SSSR count). The zero-order valence-corrected chi connectivity index (χ0v) is 7.64. The van der Waals surface area contributed by atoms with E-state index in [1.165, 1.54) is 0 Å². The van der Waals surface area contributed by atoms with Gasteiger partial charge in [-0.15, -0.1) is 0 Å². The molecule has 0 aromatic heterocycles. The molecule has 2 atom stereocenters. The number of hydrogen-bond donors (Lipinski definition) is 0. The van der Waals surface area contributed by atoms with Gasteiger partial charge >= 0.3 is 0 Å². The molecule has 2 unspecified atom stereocenters. The summed E-state index contributed by atoms with van der Waals surface area (Å²) in [6.07, 6.45) is 0. The van der Waals surface area contributed by atoms with Crippen LogP contribution in [0.15, 0.2) is 0 Å². The van der Waals surface area contributed by atoms with Crippen LogP contribution in [0.1, 0.15) is 0 Å². The molecule has 0 N–H and O–H groups in total. The Morgan fingerprint density at radius 1 is 1.27 bits per heavy atom. The lowest BCUT2D eigenvalue weighted by Gasteiger charge is -2.31. The van der Waals surface area contributed by atoms with Crippen LogP contribution < -0.4 is 0 Å². The van der Waals surface area contributed by atoms with E-state index in [1.54, 1.807) is 0 Å². The van der Waals surface area contributed by atoms with Crippen molar-refractivity contribution in [2.75, 3.05) is 39.0 Å². The molecule has 0 saturated carbocycles. The zero-order chi connectivity index (χ0) is 7.84. The number of rotatable bonds is 1. The lowest BCUT2D eigenvalue weighted by Crippen LogP contribution is -2.45. The van der Waals surface area contributed by atoms with Crippen molar-refractivity contribution in [3.05, 3.63) is 0 Å². The minimum Gasteiger partial charge on any atom is -0.304 e. The van der Waals surface area contributed by atoms with Gasteiger partial charge in [-0.1, -0.05) is 0 Å². The van der Waals surface area contributed by atoms with E-state index in [0.29, 0.717) is 5.37 Å². The van der Waals surface area contributed by atoms with E-state index in [4.69, 9.17) is 0 Å². The molecule has 2 saturated heterocycles. The minimum atomic E-state index is -0.500. The van der Waals surface area contributed by atoms with Gasteiger partial charge in [0.1, 0.15) is 0 Å². The summed E-state index contributed by atoms with van der Waals surface area (Å²) < 4.78 is 10.9. The van der Waals surface area contributed by atoms with Gasteiger partial charge in [-0.3, -0.25) is 9.11 Å². The van der Waals surface area contributed by atoms with Gasteiger partial charge in [-0.25, -0.2) is 0 Å². The summed E-state index contributed by atoms with van der Waals surface area (Å²) >= 11 is 0. The van der Waals surface area contributed by atoms with Crippen LogP contribution in [0.5, 0.6) is 0 Å². The Morgan fingerprint density at radius 2 is 1.82 bits per heavy atom. The molecule has 0 bridgehead atoms. The maximum absolute atomic E-state index is 10.9. The Labute approximate surface area is 69.8 Å². The molecule has 2 fully saturated rings. The summed E-state index contributed by atoms with van der Waals surface area (Å²) in [6, 6.07) is 0. The second-order valence-corrected chi connectivity index (χ2v) is 4.98. The van der Waals surface area contributed by atoms with Crippen molar-refractivity contribution in [3.63, 3.8) is 0 Å². The third kappa shape index (κ3) is 1.63. The van der Waals surface area contributed by atoms with Crippen molar-refractivity contribution in [1.29, 1.82) is 0 Å². The Hall–Kier alpha value is 0.0700. The SMILES string of the molecule is CN1CCN(C2CS2=O)CC1. The Bertz CT molecular complexity index is 177. The van der Waals surface area contributed by atoms with E-state index >= 15 is 0 Å². The predicted octanol–water partition coefficient (Wildman–Crippen LogP) is -0.678. The summed E-state index contributed by atoms with van der Waals surface area (Å²) in [7, 11) is 1.64. The first-order valence-corrected chi connectivity index (χ1v) is 5.45. The highest BCUT2D eigenvalue weighted by Gasteiger charge is 2.39. The number of nitrogens with zero attached hydrogens (tertiary/aromatic N) is 2. The van der Waals surface area contributed by atoms with Crippen molar-refractivity contribution < 1.29 is 4.21 Å². The fourth-order valence-corrected chi connectivity index (χ4v) is 2.61. The van der Waals surface area contributed by atoms with Crippen molar-refractivity contribution in [3.8, 4) is 0 Å². The first-order chi connectivity index (χ1) is 5.27. The highest BCUT2D eigenvalue weighted by molar-refractivity contribution is 7.92. The van der Waals surface area contributed by atoms with E-state index in [1.807, 2.05) is 0 Å². The molecule has 2 heterocycles. The van der Waals surface area contributed by atoms with Gasteiger partial charge in [0.2, 0.25) is 0 Å². The molecule has 4 heteroatoms. The third-order valence-corrected chi connectivity index (χ3v) is 3.73. The van der Waals surface area contributed by atoms with Crippen LogP contribution in [0.25, 0.3) is 0 Å². The second kappa shape index (κ2) is 2.84. The monoisotopic (exact) mass is 174 g/mol. The summed E-state index contributed by atoms with van der Waals surface area (Å²) in [5.74, 6) is 0.920. The number of piperazine rings is 1. The van der Waals surface area contributed by atoms with Gasteiger partial charge in [0.05, 0.1) is 11.1 Å². The van der Waals surface area contributed by atoms with Crippen molar-refractivity contribution in [2.45, 2.75) is 5.37 Å². The molecule has 64 valence electrons. The lowest BCUT2D eigenvalue weighted by molar-refractivity contribution is 0.157. The van der Waals surface area contributed by atoms with E-state index in [-0.39, 0.29) is 0 Å². The van der Waals surface area contributed by atoms with Crippen molar-refractivity contribution in [2.24, 2.45) is 0 Å². The fourth-order valence-electron chi connectivity index (χ4n) is 1.48.